The van der Waals surface area contributed by atoms with Crippen LogP contribution in [-0.4, -0.2) is 23.9 Å². The van der Waals surface area contributed by atoms with Gasteiger partial charge in [-0.2, -0.15) is 0 Å². The molecule has 0 aromatic heterocycles. The summed E-state index contributed by atoms with van der Waals surface area (Å²) in [5, 5.41) is 2.75. The highest BCUT2D eigenvalue weighted by molar-refractivity contribution is 5.95. The SMILES string of the molecule is Cc1ccc(CN(C)C(=O)Nc2cccc(C(N)=O)c2)cc1. The molecular formula is C17H19N3O2. The smallest absolute Gasteiger partial charge is 0.321 e. The second-order valence-corrected chi connectivity index (χ2v) is 5.22. The largest absolute Gasteiger partial charge is 0.366 e. The predicted molar refractivity (Wildman–Crippen MR) is 86.6 cm³/mol. The van der Waals surface area contributed by atoms with E-state index >= 15 is 0 Å². The quantitative estimate of drug-likeness (QED) is 0.910. The van der Waals surface area contributed by atoms with Gasteiger partial charge in [-0.05, 0) is 30.7 Å². The van der Waals surface area contributed by atoms with Gasteiger partial charge >= 0.3 is 6.03 Å². The van der Waals surface area contributed by atoms with E-state index in [1.54, 1.807) is 36.2 Å². The van der Waals surface area contributed by atoms with Crippen LogP contribution in [0.5, 0.6) is 0 Å². The molecular weight excluding hydrogens is 278 g/mol. The zero-order valence-corrected chi connectivity index (χ0v) is 12.7. The van der Waals surface area contributed by atoms with E-state index in [2.05, 4.69) is 5.32 Å². The lowest BCUT2D eigenvalue weighted by Gasteiger charge is -2.18. The summed E-state index contributed by atoms with van der Waals surface area (Å²) in [7, 11) is 1.72. The Bertz CT molecular complexity index is 681. The van der Waals surface area contributed by atoms with Gasteiger partial charge < -0.3 is 16.0 Å². The second-order valence-electron chi connectivity index (χ2n) is 5.22. The number of carbonyl (C=O) groups excluding carboxylic acids is 2. The van der Waals surface area contributed by atoms with Gasteiger partial charge in [0.05, 0.1) is 0 Å². The molecule has 0 radical (unpaired) electrons. The van der Waals surface area contributed by atoms with Gasteiger partial charge in [-0.3, -0.25) is 4.79 Å². The maximum atomic E-state index is 12.2. The molecule has 0 atom stereocenters. The molecule has 2 rings (SSSR count). The Kier molecular flexibility index (Phi) is 4.78. The van der Waals surface area contributed by atoms with Gasteiger partial charge in [0.2, 0.25) is 5.91 Å². The van der Waals surface area contributed by atoms with Crippen molar-refractivity contribution in [1.82, 2.24) is 4.90 Å². The lowest BCUT2D eigenvalue weighted by atomic mass is 10.1. The van der Waals surface area contributed by atoms with Gasteiger partial charge in [-0.25, -0.2) is 4.79 Å². The molecule has 22 heavy (non-hydrogen) atoms. The van der Waals surface area contributed by atoms with Crippen LogP contribution in [0.25, 0.3) is 0 Å². The highest BCUT2D eigenvalue weighted by atomic mass is 16.2. The molecule has 0 bridgehead atoms. The number of anilines is 1. The van der Waals surface area contributed by atoms with Crippen molar-refractivity contribution in [3.05, 3.63) is 65.2 Å². The number of primary amides is 1. The van der Waals surface area contributed by atoms with Crippen LogP contribution in [0.4, 0.5) is 10.5 Å². The summed E-state index contributed by atoms with van der Waals surface area (Å²) < 4.78 is 0. The summed E-state index contributed by atoms with van der Waals surface area (Å²) in [5.41, 5.74) is 8.35. The molecule has 5 nitrogen and oxygen atoms in total. The number of rotatable bonds is 4. The van der Waals surface area contributed by atoms with Gasteiger partial charge in [-0.1, -0.05) is 35.9 Å². The molecule has 0 fully saturated rings. The second kappa shape index (κ2) is 6.76. The minimum Gasteiger partial charge on any atom is -0.366 e. The van der Waals surface area contributed by atoms with E-state index in [0.29, 0.717) is 17.8 Å². The normalized spacial score (nSPS) is 10.1. The Hall–Kier alpha value is -2.82. The van der Waals surface area contributed by atoms with E-state index in [0.717, 1.165) is 5.56 Å². The van der Waals surface area contributed by atoms with Gasteiger partial charge in [0.1, 0.15) is 0 Å². The fourth-order valence-corrected chi connectivity index (χ4v) is 2.01. The molecule has 2 aromatic rings. The number of benzene rings is 2. The fourth-order valence-electron chi connectivity index (χ4n) is 2.01. The number of nitrogens with two attached hydrogens (primary N) is 1. The molecule has 5 heteroatoms. The van der Waals surface area contributed by atoms with E-state index in [-0.39, 0.29) is 6.03 Å². The van der Waals surface area contributed by atoms with Crippen molar-refractivity contribution < 1.29 is 9.59 Å². The summed E-state index contributed by atoms with van der Waals surface area (Å²) in [6.07, 6.45) is 0. The topological polar surface area (TPSA) is 75.4 Å². The Morgan fingerprint density at radius 3 is 2.45 bits per heavy atom. The molecule has 0 saturated carbocycles. The van der Waals surface area contributed by atoms with Gasteiger partial charge in [0, 0.05) is 24.8 Å². The van der Waals surface area contributed by atoms with E-state index in [1.807, 2.05) is 31.2 Å². The summed E-state index contributed by atoms with van der Waals surface area (Å²) >= 11 is 0. The first-order valence-corrected chi connectivity index (χ1v) is 6.93. The number of nitrogens with zero attached hydrogens (tertiary/aromatic N) is 1. The maximum Gasteiger partial charge on any atom is 0.321 e. The fraction of sp³-hybridized carbons (Fsp3) is 0.176. The third kappa shape index (κ3) is 4.09. The number of amides is 3. The van der Waals surface area contributed by atoms with Crippen molar-refractivity contribution in [1.29, 1.82) is 0 Å². The lowest BCUT2D eigenvalue weighted by Crippen LogP contribution is -2.30. The molecule has 0 aliphatic heterocycles. The van der Waals surface area contributed by atoms with Crippen LogP contribution < -0.4 is 11.1 Å². The van der Waals surface area contributed by atoms with Crippen LogP contribution in [0.15, 0.2) is 48.5 Å². The van der Waals surface area contributed by atoms with Gasteiger partial charge in [0.25, 0.3) is 0 Å². The standard InChI is InChI=1S/C17H19N3O2/c1-12-6-8-13(9-7-12)11-20(2)17(22)19-15-5-3-4-14(10-15)16(18)21/h3-10H,11H2,1-2H3,(H2,18,21)(H,19,22). The predicted octanol–water partition coefficient (Wildman–Crippen LogP) is 2.76. The van der Waals surface area contributed by atoms with Crippen molar-refractivity contribution in [3.63, 3.8) is 0 Å². The summed E-state index contributed by atoms with van der Waals surface area (Å²) in [5.74, 6) is -0.524. The third-order valence-corrected chi connectivity index (χ3v) is 3.29. The monoisotopic (exact) mass is 297 g/mol. The number of aryl methyl sites for hydroxylation is 1. The van der Waals surface area contributed by atoms with Crippen LogP contribution in [0.3, 0.4) is 0 Å². The van der Waals surface area contributed by atoms with Crippen LogP contribution in [0.1, 0.15) is 21.5 Å². The molecule has 114 valence electrons. The molecule has 3 amide bonds. The number of carbonyl (C=O) groups is 2. The number of nitrogens with one attached hydrogen (secondary N) is 1. The van der Waals surface area contributed by atoms with Gasteiger partial charge in [-0.15, -0.1) is 0 Å². The first kappa shape index (κ1) is 15.6. The molecule has 0 spiro atoms. The zero-order chi connectivity index (χ0) is 16.1. The van der Waals surface area contributed by atoms with Crippen molar-refractivity contribution in [3.8, 4) is 0 Å². The number of urea groups is 1. The van der Waals surface area contributed by atoms with Crippen molar-refractivity contribution >= 4 is 17.6 Å². The molecule has 3 N–H and O–H groups in total. The van der Waals surface area contributed by atoms with Gasteiger partial charge in [0.15, 0.2) is 0 Å². The first-order valence-electron chi connectivity index (χ1n) is 6.93. The van der Waals surface area contributed by atoms with E-state index in [1.165, 1.54) is 5.56 Å². The maximum absolute atomic E-state index is 12.2. The minimum atomic E-state index is -0.524. The highest BCUT2D eigenvalue weighted by Crippen LogP contribution is 2.12. The molecule has 0 aliphatic carbocycles. The molecule has 0 aliphatic rings. The van der Waals surface area contributed by atoms with Crippen LogP contribution in [-0.2, 0) is 6.54 Å². The van der Waals surface area contributed by atoms with Crippen molar-refractivity contribution in [2.45, 2.75) is 13.5 Å². The van der Waals surface area contributed by atoms with E-state index in [4.69, 9.17) is 5.73 Å². The average molecular weight is 297 g/mol. The summed E-state index contributed by atoms with van der Waals surface area (Å²) in [6, 6.07) is 14.3. The Balaban J connectivity index is 2.00. The van der Waals surface area contributed by atoms with Crippen molar-refractivity contribution in [2.24, 2.45) is 5.73 Å². The van der Waals surface area contributed by atoms with E-state index in [9.17, 15) is 9.59 Å². The van der Waals surface area contributed by atoms with Crippen molar-refractivity contribution in [2.75, 3.05) is 12.4 Å². The first-order chi connectivity index (χ1) is 10.5. The van der Waals surface area contributed by atoms with Crippen LogP contribution >= 0.6 is 0 Å². The zero-order valence-electron chi connectivity index (χ0n) is 12.7. The van der Waals surface area contributed by atoms with Crippen LogP contribution in [0, 0.1) is 6.92 Å². The average Bonchev–Trinajstić information content (AvgIpc) is 2.49. The van der Waals surface area contributed by atoms with E-state index < -0.39 is 5.91 Å². The molecule has 0 heterocycles. The summed E-state index contributed by atoms with van der Waals surface area (Å²) in [6.45, 7) is 2.52. The molecule has 0 saturated heterocycles. The third-order valence-electron chi connectivity index (χ3n) is 3.29. The summed E-state index contributed by atoms with van der Waals surface area (Å²) in [4.78, 5) is 24.9. The Morgan fingerprint density at radius 1 is 1.14 bits per heavy atom. The Labute approximate surface area is 129 Å². The minimum absolute atomic E-state index is 0.248. The Morgan fingerprint density at radius 2 is 1.82 bits per heavy atom. The number of hydrogen-bond acceptors (Lipinski definition) is 2. The number of hydrogen-bond donors (Lipinski definition) is 2. The molecule has 0 unspecified atom stereocenters. The lowest BCUT2D eigenvalue weighted by molar-refractivity contribution is 0.1000. The molecule has 2 aromatic carbocycles. The van der Waals surface area contributed by atoms with Crippen LogP contribution in [0.2, 0.25) is 0 Å². The highest BCUT2D eigenvalue weighted by Gasteiger charge is 2.10.